The Morgan fingerprint density at radius 3 is 2.20 bits per heavy atom. The van der Waals surface area contributed by atoms with Crippen molar-refractivity contribution in [3.63, 3.8) is 0 Å². The van der Waals surface area contributed by atoms with Crippen LogP contribution in [0.1, 0.15) is 39.5 Å². The molecule has 0 aliphatic carbocycles. The topological polar surface area (TPSA) is 24.5 Å². The molecule has 2 rings (SSSR count). The van der Waals surface area contributed by atoms with E-state index in [0.29, 0.717) is 0 Å². The third kappa shape index (κ3) is 10.2. The fraction of sp³-hybridized carbons (Fsp3) is 1.00. The van der Waals surface area contributed by atoms with Crippen molar-refractivity contribution in [3.05, 3.63) is 0 Å². The van der Waals surface area contributed by atoms with E-state index in [-0.39, 0.29) is 0 Å². The molecule has 15 heavy (non-hydrogen) atoms. The van der Waals surface area contributed by atoms with Crippen LogP contribution in [0.2, 0.25) is 0 Å². The molecular weight excluding hydrogens is 188 g/mol. The number of rotatable bonds is 0. The molecule has 92 valence electrons. The summed E-state index contributed by atoms with van der Waals surface area (Å²) >= 11 is 0. The highest BCUT2D eigenvalue weighted by atomic mass is 16.5. The maximum atomic E-state index is 5.23. The first kappa shape index (κ1) is 14.9. The van der Waals surface area contributed by atoms with Crippen molar-refractivity contribution in [1.82, 2.24) is 10.2 Å². The monoisotopic (exact) mass is 216 g/mol. The molecule has 2 heterocycles. The molecule has 3 heteroatoms. The standard InChI is InChI=1S/C6H13NO.C4H9N.C2H6/c1-7-4-2-3-5-8-6-7;1-2-4-5-3-1;1-2/h2-6H2,1H3;5H,1-4H2;1-2H3. The number of nitrogens with zero attached hydrogens (tertiary/aromatic N) is 1. The second kappa shape index (κ2) is 12.0. The highest BCUT2D eigenvalue weighted by Gasteiger charge is 2.01. The van der Waals surface area contributed by atoms with Crippen LogP contribution >= 0.6 is 0 Å². The van der Waals surface area contributed by atoms with Gasteiger partial charge in [0.05, 0.1) is 6.73 Å². The second-order valence-corrected chi connectivity index (χ2v) is 3.78. The lowest BCUT2D eigenvalue weighted by Gasteiger charge is -2.10. The molecule has 1 N–H and O–H groups in total. The minimum absolute atomic E-state index is 0.819. The normalized spacial score (nSPS) is 21.8. The Labute approximate surface area is 95.2 Å². The summed E-state index contributed by atoms with van der Waals surface area (Å²) in [7, 11) is 2.09. The Bertz CT molecular complexity index is 101. The van der Waals surface area contributed by atoms with Crippen molar-refractivity contribution in [1.29, 1.82) is 0 Å². The van der Waals surface area contributed by atoms with Crippen molar-refractivity contribution >= 4 is 0 Å². The van der Waals surface area contributed by atoms with Crippen LogP contribution in [0.5, 0.6) is 0 Å². The summed E-state index contributed by atoms with van der Waals surface area (Å²) in [6, 6.07) is 0. The number of hydrogen-bond acceptors (Lipinski definition) is 3. The highest BCUT2D eigenvalue weighted by molar-refractivity contribution is 4.55. The van der Waals surface area contributed by atoms with E-state index in [1.165, 1.54) is 45.3 Å². The maximum absolute atomic E-state index is 5.23. The summed E-state index contributed by atoms with van der Waals surface area (Å²) in [5.74, 6) is 0. The molecular formula is C12H28N2O. The molecule has 2 saturated heterocycles. The smallest absolute Gasteiger partial charge is 0.0987 e. The van der Waals surface area contributed by atoms with E-state index in [1.54, 1.807) is 0 Å². The summed E-state index contributed by atoms with van der Waals surface area (Å²) in [4.78, 5) is 2.20. The average molecular weight is 216 g/mol. The van der Waals surface area contributed by atoms with Gasteiger partial charge in [0.2, 0.25) is 0 Å². The molecule has 0 bridgehead atoms. The molecule has 2 aliphatic rings. The van der Waals surface area contributed by atoms with Crippen molar-refractivity contribution in [2.75, 3.05) is 40.0 Å². The van der Waals surface area contributed by atoms with E-state index in [9.17, 15) is 0 Å². The lowest BCUT2D eigenvalue weighted by molar-refractivity contribution is 0.0647. The minimum Gasteiger partial charge on any atom is -0.366 e. The first-order chi connectivity index (χ1) is 7.39. The summed E-state index contributed by atoms with van der Waals surface area (Å²) in [5.41, 5.74) is 0. The van der Waals surface area contributed by atoms with Gasteiger partial charge in [-0.2, -0.15) is 0 Å². The molecule has 0 aromatic carbocycles. The van der Waals surface area contributed by atoms with Crippen molar-refractivity contribution in [2.24, 2.45) is 0 Å². The van der Waals surface area contributed by atoms with Gasteiger partial charge in [-0.1, -0.05) is 13.8 Å². The van der Waals surface area contributed by atoms with Crippen LogP contribution in [0, 0.1) is 0 Å². The van der Waals surface area contributed by atoms with E-state index in [4.69, 9.17) is 4.74 Å². The molecule has 0 aromatic heterocycles. The van der Waals surface area contributed by atoms with E-state index < -0.39 is 0 Å². The molecule has 2 aliphatic heterocycles. The lowest BCUT2D eigenvalue weighted by Crippen LogP contribution is -2.19. The van der Waals surface area contributed by atoms with Crippen LogP contribution in [0.15, 0.2) is 0 Å². The predicted octanol–water partition coefficient (Wildman–Crippen LogP) is 2.08. The average Bonchev–Trinajstić information content (AvgIpc) is 2.77. The number of ether oxygens (including phenoxy) is 1. The van der Waals surface area contributed by atoms with E-state index in [0.717, 1.165) is 13.3 Å². The summed E-state index contributed by atoms with van der Waals surface area (Å²) in [6.45, 7) is 9.46. The molecule has 0 aromatic rings. The lowest BCUT2D eigenvalue weighted by atomic mass is 10.3. The largest absolute Gasteiger partial charge is 0.366 e. The molecule has 0 saturated carbocycles. The van der Waals surface area contributed by atoms with Gasteiger partial charge >= 0.3 is 0 Å². The van der Waals surface area contributed by atoms with Gasteiger partial charge in [0.25, 0.3) is 0 Å². The van der Waals surface area contributed by atoms with Crippen LogP contribution in [0.3, 0.4) is 0 Å². The molecule has 0 unspecified atom stereocenters. The van der Waals surface area contributed by atoms with Crippen LogP contribution in [0.25, 0.3) is 0 Å². The van der Waals surface area contributed by atoms with Gasteiger partial charge in [-0.05, 0) is 45.8 Å². The Hall–Kier alpha value is -0.120. The number of hydrogen-bond donors (Lipinski definition) is 1. The van der Waals surface area contributed by atoms with Gasteiger partial charge in [-0.25, -0.2) is 0 Å². The van der Waals surface area contributed by atoms with Gasteiger partial charge in [-0.15, -0.1) is 0 Å². The second-order valence-electron chi connectivity index (χ2n) is 3.78. The third-order valence-corrected chi connectivity index (χ3v) is 2.35. The zero-order valence-corrected chi connectivity index (χ0v) is 10.7. The fourth-order valence-corrected chi connectivity index (χ4v) is 1.50. The number of nitrogens with one attached hydrogen (secondary N) is 1. The zero-order chi connectivity index (χ0) is 11.4. The Morgan fingerprint density at radius 2 is 1.67 bits per heavy atom. The van der Waals surface area contributed by atoms with Gasteiger partial charge in [0, 0.05) is 13.2 Å². The molecule has 0 spiro atoms. The predicted molar refractivity (Wildman–Crippen MR) is 66.1 cm³/mol. The molecule has 3 nitrogen and oxygen atoms in total. The van der Waals surface area contributed by atoms with E-state index in [1.807, 2.05) is 13.8 Å². The molecule has 0 radical (unpaired) electrons. The van der Waals surface area contributed by atoms with Crippen molar-refractivity contribution in [3.8, 4) is 0 Å². The van der Waals surface area contributed by atoms with Gasteiger partial charge in [0.15, 0.2) is 0 Å². The third-order valence-electron chi connectivity index (χ3n) is 2.35. The van der Waals surface area contributed by atoms with Crippen LogP contribution in [0.4, 0.5) is 0 Å². The Balaban J connectivity index is 0.000000241. The quantitative estimate of drug-likeness (QED) is 0.671. The van der Waals surface area contributed by atoms with Gasteiger partial charge in [-0.3, -0.25) is 4.90 Å². The van der Waals surface area contributed by atoms with Crippen LogP contribution < -0.4 is 5.32 Å². The van der Waals surface area contributed by atoms with E-state index >= 15 is 0 Å². The molecule has 0 atom stereocenters. The summed E-state index contributed by atoms with van der Waals surface area (Å²) in [6.07, 6.45) is 5.29. The maximum Gasteiger partial charge on any atom is 0.0987 e. The van der Waals surface area contributed by atoms with Gasteiger partial charge < -0.3 is 10.1 Å². The zero-order valence-electron chi connectivity index (χ0n) is 10.7. The van der Waals surface area contributed by atoms with Crippen LogP contribution in [-0.4, -0.2) is 44.9 Å². The first-order valence-corrected chi connectivity index (χ1v) is 6.36. The minimum atomic E-state index is 0.819. The van der Waals surface area contributed by atoms with Crippen molar-refractivity contribution in [2.45, 2.75) is 39.5 Å². The SMILES string of the molecule is C1CCNC1.CC.CN1CCCCOC1. The highest BCUT2D eigenvalue weighted by Crippen LogP contribution is 1.98. The Kier molecular flexibility index (Phi) is 11.9. The summed E-state index contributed by atoms with van der Waals surface area (Å²) in [5, 5.41) is 3.22. The summed E-state index contributed by atoms with van der Waals surface area (Å²) < 4.78 is 5.23. The van der Waals surface area contributed by atoms with Crippen molar-refractivity contribution < 1.29 is 4.74 Å². The van der Waals surface area contributed by atoms with Gasteiger partial charge in [0.1, 0.15) is 0 Å². The first-order valence-electron chi connectivity index (χ1n) is 6.36. The molecule has 0 amide bonds. The van der Waals surface area contributed by atoms with Crippen LogP contribution in [-0.2, 0) is 4.74 Å². The molecule has 2 fully saturated rings. The van der Waals surface area contributed by atoms with E-state index in [2.05, 4.69) is 17.3 Å². The Morgan fingerprint density at radius 1 is 1.00 bits per heavy atom. The fourth-order valence-electron chi connectivity index (χ4n) is 1.50.